The second kappa shape index (κ2) is 5.43. The summed E-state index contributed by atoms with van der Waals surface area (Å²) in [6.07, 6.45) is 5.91. The van der Waals surface area contributed by atoms with Crippen LogP contribution in [0.25, 0.3) is 0 Å². The van der Waals surface area contributed by atoms with E-state index in [1.54, 1.807) is 0 Å². The number of fused-ring (bicyclic) bond motifs is 4. The maximum absolute atomic E-state index is 12.7. The molecule has 0 fully saturated rings. The maximum atomic E-state index is 12.7. The monoisotopic (exact) mass is 329 g/mol. The number of rotatable bonds is 0. The highest BCUT2D eigenvalue weighted by Gasteiger charge is 2.40. The molecule has 4 rings (SSSR count). The van der Waals surface area contributed by atoms with Crippen molar-refractivity contribution >= 4 is 6.09 Å². The first-order chi connectivity index (χ1) is 11.4. The Morgan fingerprint density at radius 1 is 1.17 bits per heavy atom. The summed E-state index contributed by atoms with van der Waals surface area (Å²) in [5.74, 6) is 1.86. The van der Waals surface area contributed by atoms with Gasteiger partial charge < -0.3 is 14.2 Å². The van der Waals surface area contributed by atoms with Crippen LogP contribution in [0, 0.1) is 0 Å². The Bertz CT molecular complexity index is 704. The van der Waals surface area contributed by atoms with Crippen molar-refractivity contribution in [3.8, 4) is 11.5 Å². The van der Waals surface area contributed by atoms with Gasteiger partial charge in [0.1, 0.15) is 5.60 Å². The average molecular weight is 329 g/mol. The van der Waals surface area contributed by atoms with Crippen LogP contribution in [-0.4, -0.2) is 29.4 Å². The van der Waals surface area contributed by atoms with Crippen LogP contribution in [0.4, 0.5) is 4.79 Å². The Kier molecular flexibility index (Phi) is 3.48. The molecule has 0 unspecified atom stereocenters. The van der Waals surface area contributed by atoms with Crippen molar-refractivity contribution in [1.82, 2.24) is 4.90 Å². The topological polar surface area (TPSA) is 48.0 Å². The standard InChI is InChI=1S/C19H23NO4/c1-19(2,3)24-18(21)20-10-12-8-16-17(23-11-22-16)9-14(12)13-6-4-5-7-15(13)20/h4-5,8-9,13,15H,6-7,10-11H2,1-3H3/t13-,15-/m0/s1. The number of hydrogen-bond acceptors (Lipinski definition) is 4. The van der Waals surface area contributed by atoms with Gasteiger partial charge in [0, 0.05) is 18.5 Å². The Hall–Kier alpha value is -2.17. The van der Waals surface area contributed by atoms with Crippen LogP contribution in [-0.2, 0) is 11.3 Å². The number of allylic oxidation sites excluding steroid dienone is 1. The van der Waals surface area contributed by atoms with Crippen molar-refractivity contribution in [2.75, 3.05) is 6.79 Å². The number of nitrogens with zero attached hydrogens (tertiary/aromatic N) is 1. The molecule has 2 aliphatic heterocycles. The van der Waals surface area contributed by atoms with Crippen LogP contribution >= 0.6 is 0 Å². The smallest absolute Gasteiger partial charge is 0.410 e. The third-order valence-electron chi connectivity index (χ3n) is 4.80. The van der Waals surface area contributed by atoms with Crippen molar-refractivity contribution < 1.29 is 19.0 Å². The molecule has 1 aliphatic carbocycles. The molecule has 5 heteroatoms. The number of carbonyl (C=O) groups excluding carboxylic acids is 1. The molecular formula is C19H23NO4. The summed E-state index contributed by atoms with van der Waals surface area (Å²) in [6.45, 7) is 6.52. The van der Waals surface area contributed by atoms with Crippen molar-refractivity contribution in [3.63, 3.8) is 0 Å². The lowest BCUT2D eigenvalue weighted by atomic mass is 9.77. The minimum atomic E-state index is -0.494. The van der Waals surface area contributed by atoms with Gasteiger partial charge in [-0.1, -0.05) is 12.2 Å². The first-order valence-electron chi connectivity index (χ1n) is 8.49. The molecule has 24 heavy (non-hydrogen) atoms. The van der Waals surface area contributed by atoms with Crippen LogP contribution < -0.4 is 9.47 Å². The third kappa shape index (κ3) is 2.62. The molecule has 1 aromatic rings. The normalized spacial score (nSPS) is 24.4. The zero-order chi connectivity index (χ0) is 16.9. The number of hydrogen-bond donors (Lipinski definition) is 0. The molecule has 128 valence electrons. The van der Waals surface area contributed by atoms with E-state index >= 15 is 0 Å². The first-order valence-corrected chi connectivity index (χ1v) is 8.49. The molecule has 0 saturated heterocycles. The van der Waals surface area contributed by atoms with Gasteiger partial charge in [-0.15, -0.1) is 0 Å². The minimum Gasteiger partial charge on any atom is -0.454 e. The highest BCUT2D eigenvalue weighted by atomic mass is 16.7. The summed E-state index contributed by atoms with van der Waals surface area (Å²) in [6, 6.07) is 4.25. The fourth-order valence-corrected chi connectivity index (χ4v) is 3.78. The molecule has 0 bridgehead atoms. The number of amides is 1. The highest BCUT2D eigenvalue weighted by Crippen LogP contribution is 2.45. The lowest BCUT2D eigenvalue weighted by molar-refractivity contribution is 0.00803. The molecule has 0 spiro atoms. The van der Waals surface area contributed by atoms with Crippen LogP contribution in [0.15, 0.2) is 24.3 Å². The first kappa shape index (κ1) is 15.4. The molecule has 0 saturated carbocycles. The molecule has 3 aliphatic rings. The fraction of sp³-hybridized carbons (Fsp3) is 0.526. The number of benzene rings is 1. The van der Waals surface area contributed by atoms with Crippen LogP contribution in [0.2, 0.25) is 0 Å². The summed E-state index contributed by atoms with van der Waals surface area (Å²) in [4.78, 5) is 14.6. The quantitative estimate of drug-likeness (QED) is 0.676. The number of carbonyl (C=O) groups is 1. The van der Waals surface area contributed by atoms with Gasteiger partial charge in [0.05, 0.1) is 0 Å². The average Bonchev–Trinajstić information content (AvgIpc) is 2.97. The third-order valence-corrected chi connectivity index (χ3v) is 4.80. The van der Waals surface area contributed by atoms with Gasteiger partial charge in [-0.2, -0.15) is 0 Å². The SMILES string of the molecule is CC(C)(C)OC(=O)N1Cc2cc3c(cc2[C@@H]2CC=CC[C@@H]21)OCO3. The highest BCUT2D eigenvalue weighted by molar-refractivity contribution is 5.70. The van der Waals surface area contributed by atoms with E-state index in [4.69, 9.17) is 14.2 Å². The Balaban J connectivity index is 1.71. The molecule has 1 amide bonds. The van der Waals surface area contributed by atoms with Gasteiger partial charge in [-0.05, 0) is 56.9 Å². The van der Waals surface area contributed by atoms with Crippen LogP contribution in [0.3, 0.4) is 0 Å². The molecule has 0 aromatic heterocycles. The summed E-state index contributed by atoms with van der Waals surface area (Å²) in [5.41, 5.74) is 1.90. The number of ether oxygens (including phenoxy) is 3. The zero-order valence-electron chi connectivity index (χ0n) is 14.4. The van der Waals surface area contributed by atoms with Gasteiger partial charge in [-0.25, -0.2) is 4.79 Å². The van der Waals surface area contributed by atoms with Gasteiger partial charge in [0.15, 0.2) is 11.5 Å². The van der Waals surface area contributed by atoms with E-state index in [0.29, 0.717) is 6.54 Å². The molecule has 2 atom stereocenters. The van der Waals surface area contributed by atoms with Crippen molar-refractivity contribution in [2.24, 2.45) is 0 Å². The second-order valence-electron chi connectivity index (χ2n) is 7.63. The van der Waals surface area contributed by atoms with Crippen LogP contribution in [0.5, 0.6) is 11.5 Å². The Morgan fingerprint density at radius 2 is 1.88 bits per heavy atom. The van der Waals surface area contributed by atoms with E-state index in [-0.39, 0.29) is 24.8 Å². The van der Waals surface area contributed by atoms with Gasteiger partial charge in [-0.3, -0.25) is 4.90 Å². The predicted octanol–water partition coefficient (Wildman–Crippen LogP) is 3.97. The van der Waals surface area contributed by atoms with Gasteiger partial charge in [0.2, 0.25) is 6.79 Å². The van der Waals surface area contributed by atoms with Crippen molar-refractivity contribution in [1.29, 1.82) is 0 Å². The van der Waals surface area contributed by atoms with E-state index in [2.05, 4.69) is 18.2 Å². The molecule has 2 heterocycles. The fourth-order valence-electron chi connectivity index (χ4n) is 3.78. The van der Waals surface area contributed by atoms with Crippen LogP contribution in [0.1, 0.15) is 50.7 Å². The second-order valence-corrected chi connectivity index (χ2v) is 7.63. The Morgan fingerprint density at radius 3 is 2.62 bits per heavy atom. The van der Waals surface area contributed by atoms with Gasteiger partial charge in [0.25, 0.3) is 0 Å². The Labute approximate surface area is 142 Å². The molecule has 0 N–H and O–H groups in total. The largest absolute Gasteiger partial charge is 0.454 e. The molecule has 5 nitrogen and oxygen atoms in total. The summed E-state index contributed by atoms with van der Waals surface area (Å²) >= 11 is 0. The van der Waals surface area contributed by atoms with E-state index < -0.39 is 5.60 Å². The van der Waals surface area contributed by atoms with Crippen molar-refractivity contribution in [3.05, 3.63) is 35.4 Å². The van der Waals surface area contributed by atoms with E-state index in [9.17, 15) is 4.79 Å². The van der Waals surface area contributed by atoms with E-state index in [1.807, 2.05) is 31.7 Å². The summed E-state index contributed by atoms with van der Waals surface area (Å²) < 4.78 is 16.7. The summed E-state index contributed by atoms with van der Waals surface area (Å²) in [5, 5.41) is 0. The lowest BCUT2D eigenvalue weighted by Crippen LogP contribution is -2.48. The van der Waals surface area contributed by atoms with Gasteiger partial charge >= 0.3 is 6.09 Å². The maximum Gasteiger partial charge on any atom is 0.410 e. The molecule has 0 radical (unpaired) electrons. The molecule has 1 aromatic carbocycles. The lowest BCUT2D eigenvalue weighted by Gasteiger charge is -2.43. The van der Waals surface area contributed by atoms with Crippen molar-refractivity contribution in [2.45, 2.75) is 57.7 Å². The van der Waals surface area contributed by atoms with E-state index in [0.717, 1.165) is 29.9 Å². The van der Waals surface area contributed by atoms with E-state index in [1.165, 1.54) is 5.56 Å². The predicted molar refractivity (Wildman–Crippen MR) is 89.2 cm³/mol. The minimum absolute atomic E-state index is 0.137. The molecular weight excluding hydrogens is 306 g/mol. The summed E-state index contributed by atoms with van der Waals surface area (Å²) in [7, 11) is 0. The zero-order valence-corrected chi connectivity index (χ0v) is 14.4.